The fraction of sp³-hybridized carbons (Fsp3) is 0.143. The van der Waals surface area contributed by atoms with Crippen LogP contribution < -0.4 is 14.5 Å². The van der Waals surface area contributed by atoms with Gasteiger partial charge in [-0.05, 0) is 90.4 Å². The van der Waals surface area contributed by atoms with Crippen LogP contribution in [-0.4, -0.2) is 32.0 Å². The topological polar surface area (TPSA) is 59.1 Å². The lowest BCUT2D eigenvalue weighted by atomic mass is 10.0. The molecule has 6 heteroatoms. The highest BCUT2D eigenvalue weighted by Gasteiger charge is 2.10. The van der Waals surface area contributed by atoms with Crippen molar-refractivity contribution in [1.82, 2.24) is 0 Å². The van der Waals surface area contributed by atoms with Crippen molar-refractivity contribution in [3.63, 3.8) is 0 Å². The van der Waals surface area contributed by atoms with Crippen LogP contribution in [0.3, 0.4) is 0 Å². The van der Waals surface area contributed by atoms with Gasteiger partial charge in [0.1, 0.15) is 12.4 Å². The predicted molar refractivity (Wildman–Crippen MR) is 166 cm³/mol. The van der Waals surface area contributed by atoms with Gasteiger partial charge in [-0.25, -0.2) is 4.79 Å². The normalized spacial score (nSPS) is 10.4. The van der Waals surface area contributed by atoms with E-state index in [2.05, 4.69) is 78.4 Å². The molecule has 0 bridgehead atoms. The first-order chi connectivity index (χ1) is 19.9. The Morgan fingerprint density at radius 1 is 0.707 bits per heavy atom. The summed E-state index contributed by atoms with van der Waals surface area (Å²) in [6.07, 6.45) is 2.42. The number of hydrogen-bond acceptors (Lipinski definition) is 6. The van der Waals surface area contributed by atoms with Crippen molar-refractivity contribution in [1.29, 1.82) is 0 Å². The molecule has 0 spiro atoms. The number of nitrogens with zero attached hydrogens (tertiary/aromatic N) is 2. The summed E-state index contributed by atoms with van der Waals surface area (Å²) in [7, 11) is 2.02. The lowest BCUT2D eigenvalue weighted by Gasteiger charge is -2.24. The Labute approximate surface area is 241 Å². The van der Waals surface area contributed by atoms with Gasteiger partial charge in [-0.3, -0.25) is 4.79 Å². The molecule has 0 radical (unpaired) electrons. The molecule has 0 saturated carbocycles. The molecule has 4 rings (SSSR count). The van der Waals surface area contributed by atoms with E-state index in [1.54, 1.807) is 0 Å². The number of benzene rings is 4. The number of carbonyl (C=O) groups excluding carboxylic acids is 2. The van der Waals surface area contributed by atoms with E-state index in [0.717, 1.165) is 52.1 Å². The highest BCUT2D eigenvalue weighted by molar-refractivity contribution is 5.90. The van der Waals surface area contributed by atoms with Gasteiger partial charge in [-0.1, -0.05) is 49.6 Å². The minimum Gasteiger partial charge on any atom is -0.485 e. The van der Waals surface area contributed by atoms with Crippen molar-refractivity contribution in [2.45, 2.75) is 13.5 Å². The van der Waals surface area contributed by atoms with Gasteiger partial charge in [0.2, 0.25) is 0 Å². The highest BCUT2D eigenvalue weighted by atomic mass is 16.5. The fourth-order valence-electron chi connectivity index (χ4n) is 4.34. The van der Waals surface area contributed by atoms with Gasteiger partial charge in [0.25, 0.3) is 0 Å². The van der Waals surface area contributed by atoms with Gasteiger partial charge in [-0.15, -0.1) is 0 Å². The highest BCUT2D eigenvalue weighted by Crippen LogP contribution is 2.31. The van der Waals surface area contributed by atoms with Crippen LogP contribution in [0.4, 0.5) is 22.7 Å². The lowest BCUT2D eigenvalue weighted by molar-refractivity contribution is -0.139. The molecule has 6 nitrogen and oxygen atoms in total. The van der Waals surface area contributed by atoms with Gasteiger partial charge in [0.15, 0.2) is 12.4 Å². The van der Waals surface area contributed by atoms with Gasteiger partial charge in [0, 0.05) is 42.4 Å². The van der Waals surface area contributed by atoms with E-state index in [4.69, 9.17) is 9.47 Å². The van der Waals surface area contributed by atoms with Gasteiger partial charge in [-0.2, -0.15) is 0 Å². The number of carbonyl (C=O) groups is 2. The van der Waals surface area contributed by atoms with Gasteiger partial charge >= 0.3 is 5.97 Å². The average molecular weight is 547 g/mol. The third-order valence-corrected chi connectivity index (χ3v) is 6.71. The predicted octanol–water partition coefficient (Wildman–Crippen LogP) is 7.64. The molecule has 0 atom stereocenters. The number of ketones is 1. The Hall–Kier alpha value is -5.10. The van der Waals surface area contributed by atoms with Crippen molar-refractivity contribution in [3.05, 3.63) is 128 Å². The van der Waals surface area contributed by atoms with Crippen LogP contribution in [-0.2, 0) is 20.9 Å². The summed E-state index contributed by atoms with van der Waals surface area (Å²) in [5.74, 6) is 0.0654. The molecule has 0 aromatic heterocycles. The van der Waals surface area contributed by atoms with Crippen molar-refractivity contribution in [2.75, 3.05) is 30.0 Å². The SMILES string of the molecule is C=CC(=O)COc1ccc(N(CC)c2ccc(-c3ccc(N(C)c4ccc(COC(=O)C=C)cc4)cc3)cc2)cc1. The minimum absolute atomic E-state index is 0.0112. The standard InChI is InChI=1S/C35H34N2O4/c1-5-33(38)25-40-34-22-20-32(21-23-34)37(7-3)31-18-12-28(13-19-31)27-10-16-30(17-11-27)36(4)29-14-8-26(9-15-29)24-41-35(39)6-2/h5-6,8-23H,1-2,7,24-25H2,3-4H3. The van der Waals surface area contributed by atoms with Crippen molar-refractivity contribution >= 4 is 34.5 Å². The van der Waals surface area contributed by atoms with Crippen LogP contribution in [0.5, 0.6) is 5.75 Å². The maximum Gasteiger partial charge on any atom is 0.330 e. The Kier molecular flexibility index (Phi) is 9.73. The molecular weight excluding hydrogens is 512 g/mol. The second-order valence-electron chi connectivity index (χ2n) is 9.33. The molecule has 4 aromatic carbocycles. The summed E-state index contributed by atoms with van der Waals surface area (Å²) < 4.78 is 10.6. The maximum absolute atomic E-state index is 11.4. The van der Waals surface area contributed by atoms with Gasteiger partial charge in [0.05, 0.1) is 0 Å². The van der Waals surface area contributed by atoms with Crippen molar-refractivity contribution in [2.24, 2.45) is 0 Å². The summed E-state index contributed by atoms with van der Waals surface area (Å²) in [6, 6.07) is 32.6. The van der Waals surface area contributed by atoms with E-state index in [9.17, 15) is 9.59 Å². The first-order valence-corrected chi connectivity index (χ1v) is 13.4. The number of hydrogen-bond donors (Lipinski definition) is 0. The number of esters is 1. The first-order valence-electron chi connectivity index (χ1n) is 13.4. The van der Waals surface area contributed by atoms with Crippen LogP contribution in [0, 0.1) is 0 Å². The summed E-state index contributed by atoms with van der Waals surface area (Å²) in [4.78, 5) is 27.0. The molecule has 0 saturated heterocycles. The van der Waals surface area contributed by atoms with Crippen LogP contribution in [0.1, 0.15) is 12.5 Å². The second-order valence-corrected chi connectivity index (χ2v) is 9.33. The Balaban J connectivity index is 1.40. The molecule has 0 aliphatic heterocycles. The second kappa shape index (κ2) is 13.8. The molecule has 41 heavy (non-hydrogen) atoms. The summed E-state index contributed by atoms with van der Waals surface area (Å²) in [6.45, 7) is 10.0. The molecule has 0 unspecified atom stereocenters. The van der Waals surface area contributed by atoms with Crippen LogP contribution in [0.2, 0.25) is 0 Å². The number of ether oxygens (including phenoxy) is 2. The number of anilines is 4. The zero-order chi connectivity index (χ0) is 29.2. The monoisotopic (exact) mass is 546 g/mol. The first kappa shape index (κ1) is 28.9. The summed E-state index contributed by atoms with van der Waals surface area (Å²) >= 11 is 0. The smallest absolute Gasteiger partial charge is 0.330 e. The van der Waals surface area contributed by atoms with E-state index in [1.807, 2.05) is 55.6 Å². The maximum atomic E-state index is 11.4. The summed E-state index contributed by atoms with van der Waals surface area (Å²) in [5, 5.41) is 0. The van der Waals surface area contributed by atoms with E-state index in [0.29, 0.717) is 5.75 Å². The fourth-order valence-corrected chi connectivity index (χ4v) is 4.34. The van der Waals surface area contributed by atoms with Gasteiger partial charge < -0.3 is 19.3 Å². The Morgan fingerprint density at radius 2 is 1.20 bits per heavy atom. The van der Waals surface area contributed by atoms with Crippen molar-refractivity contribution in [3.8, 4) is 16.9 Å². The van der Waals surface area contributed by atoms with Crippen LogP contribution in [0.15, 0.2) is 122 Å². The third kappa shape index (κ3) is 7.51. The van der Waals surface area contributed by atoms with E-state index in [-0.39, 0.29) is 19.0 Å². The molecule has 208 valence electrons. The summed E-state index contributed by atoms with van der Waals surface area (Å²) in [5.41, 5.74) is 7.41. The van der Waals surface area contributed by atoms with E-state index in [1.165, 1.54) is 6.08 Å². The van der Waals surface area contributed by atoms with Crippen LogP contribution in [0.25, 0.3) is 11.1 Å². The van der Waals surface area contributed by atoms with Crippen LogP contribution >= 0.6 is 0 Å². The Bertz CT molecular complexity index is 1480. The minimum atomic E-state index is -0.431. The average Bonchev–Trinajstić information content (AvgIpc) is 3.03. The molecule has 0 amide bonds. The van der Waals surface area contributed by atoms with E-state index < -0.39 is 5.97 Å². The zero-order valence-electron chi connectivity index (χ0n) is 23.5. The molecule has 0 fully saturated rings. The molecule has 0 aliphatic carbocycles. The molecule has 0 N–H and O–H groups in total. The molecule has 0 aliphatic rings. The third-order valence-electron chi connectivity index (χ3n) is 6.71. The molecule has 0 heterocycles. The lowest BCUT2D eigenvalue weighted by Crippen LogP contribution is -2.15. The largest absolute Gasteiger partial charge is 0.485 e. The van der Waals surface area contributed by atoms with Crippen molar-refractivity contribution < 1.29 is 19.1 Å². The van der Waals surface area contributed by atoms with E-state index >= 15 is 0 Å². The number of rotatable bonds is 13. The zero-order valence-corrected chi connectivity index (χ0v) is 23.5. The Morgan fingerprint density at radius 3 is 1.68 bits per heavy atom. The molecule has 4 aromatic rings. The quantitative estimate of drug-likeness (QED) is 0.127. The molecular formula is C35H34N2O4.